The molecule has 2 fully saturated rings. The molecule has 2 aliphatic rings. The lowest BCUT2D eigenvalue weighted by Gasteiger charge is -2.40. The standard InChI is InChI=1S/C14H19N5.2ClH/c1-3-14(4-6-15-8-14)9-19(7-1)13-11-2-5-16-12(11)17-10-18-13;;/h2,5,10,15H,1,3-4,6-9H2,(H,16,17,18);2*1H. The summed E-state index contributed by atoms with van der Waals surface area (Å²) < 4.78 is 0. The second kappa shape index (κ2) is 6.38. The Labute approximate surface area is 136 Å². The number of aromatic nitrogens is 3. The van der Waals surface area contributed by atoms with Crippen molar-refractivity contribution in [3.8, 4) is 0 Å². The van der Waals surface area contributed by atoms with Gasteiger partial charge in [-0.1, -0.05) is 0 Å². The molecule has 0 radical (unpaired) electrons. The lowest BCUT2D eigenvalue weighted by Crippen LogP contribution is -2.44. The number of halogens is 2. The molecule has 1 unspecified atom stereocenters. The molecule has 2 saturated heterocycles. The fourth-order valence-electron chi connectivity index (χ4n) is 3.64. The molecule has 0 aromatic carbocycles. The number of piperidine rings is 1. The van der Waals surface area contributed by atoms with Crippen LogP contribution in [0.25, 0.3) is 11.0 Å². The Morgan fingerprint density at radius 1 is 1.19 bits per heavy atom. The number of H-pyrrole nitrogens is 1. The Kier molecular flexibility index (Phi) is 4.96. The van der Waals surface area contributed by atoms with Gasteiger partial charge in [-0.25, -0.2) is 9.97 Å². The minimum absolute atomic E-state index is 0. The van der Waals surface area contributed by atoms with Gasteiger partial charge in [-0.3, -0.25) is 0 Å². The summed E-state index contributed by atoms with van der Waals surface area (Å²) in [6.45, 7) is 4.55. The van der Waals surface area contributed by atoms with E-state index in [0.29, 0.717) is 5.41 Å². The first-order valence-corrected chi connectivity index (χ1v) is 7.10. The summed E-state index contributed by atoms with van der Waals surface area (Å²) in [7, 11) is 0. The van der Waals surface area contributed by atoms with Crippen molar-refractivity contribution in [2.75, 3.05) is 31.1 Å². The summed E-state index contributed by atoms with van der Waals surface area (Å²) in [6.07, 6.45) is 7.52. The van der Waals surface area contributed by atoms with Crippen molar-refractivity contribution >= 4 is 41.7 Å². The highest BCUT2D eigenvalue weighted by molar-refractivity contribution is 5.87. The van der Waals surface area contributed by atoms with Gasteiger partial charge in [0.2, 0.25) is 0 Å². The molecule has 0 bridgehead atoms. The fraction of sp³-hybridized carbons (Fsp3) is 0.571. The third-order valence-corrected chi connectivity index (χ3v) is 4.63. The Hall–Kier alpha value is -1.04. The summed E-state index contributed by atoms with van der Waals surface area (Å²) in [4.78, 5) is 14.4. The highest BCUT2D eigenvalue weighted by atomic mass is 35.5. The van der Waals surface area contributed by atoms with Gasteiger partial charge in [0.1, 0.15) is 17.8 Å². The predicted molar refractivity (Wildman–Crippen MR) is 89.8 cm³/mol. The maximum Gasteiger partial charge on any atom is 0.142 e. The van der Waals surface area contributed by atoms with Gasteiger partial charge in [0.05, 0.1) is 5.39 Å². The molecule has 0 saturated carbocycles. The van der Waals surface area contributed by atoms with Crippen molar-refractivity contribution in [3.05, 3.63) is 18.6 Å². The van der Waals surface area contributed by atoms with Crippen molar-refractivity contribution in [2.24, 2.45) is 5.41 Å². The van der Waals surface area contributed by atoms with E-state index in [4.69, 9.17) is 0 Å². The second-order valence-electron chi connectivity index (χ2n) is 5.89. The summed E-state index contributed by atoms with van der Waals surface area (Å²) in [5.41, 5.74) is 1.40. The van der Waals surface area contributed by atoms with Crippen LogP contribution in [0.4, 0.5) is 5.82 Å². The molecule has 1 atom stereocenters. The van der Waals surface area contributed by atoms with E-state index in [0.717, 1.165) is 43.0 Å². The number of anilines is 1. The van der Waals surface area contributed by atoms with Crippen LogP contribution in [0.15, 0.2) is 18.6 Å². The van der Waals surface area contributed by atoms with E-state index < -0.39 is 0 Å². The molecule has 116 valence electrons. The second-order valence-corrected chi connectivity index (χ2v) is 5.89. The zero-order chi connectivity index (χ0) is 12.7. The van der Waals surface area contributed by atoms with Gasteiger partial charge in [0.15, 0.2) is 0 Å². The highest BCUT2D eigenvalue weighted by Crippen LogP contribution is 2.37. The van der Waals surface area contributed by atoms with Crippen molar-refractivity contribution < 1.29 is 0 Å². The number of hydrogen-bond donors (Lipinski definition) is 2. The maximum absolute atomic E-state index is 4.53. The average molecular weight is 330 g/mol. The lowest BCUT2D eigenvalue weighted by molar-refractivity contribution is 0.260. The summed E-state index contributed by atoms with van der Waals surface area (Å²) in [5, 5.41) is 4.67. The van der Waals surface area contributed by atoms with Crippen LogP contribution in [-0.4, -0.2) is 41.1 Å². The van der Waals surface area contributed by atoms with Crippen molar-refractivity contribution in [1.29, 1.82) is 0 Å². The molecular formula is C14H21Cl2N5. The Balaban J connectivity index is 0.000000807. The van der Waals surface area contributed by atoms with Crippen LogP contribution in [-0.2, 0) is 0 Å². The monoisotopic (exact) mass is 329 g/mol. The minimum atomic E-state index is 0. The molecule has 21 heavy (non-hydrogen) atoms. The Bertz CT molecular complexity index is 594. The number of aromatic amines is 1. The number of rotatable bonds is 1. The third kappa shape index (κ3) is 2.82. The number of nitrogens with one attached hydrogen (secondary N) is 2. The summed E-state index contributed by atoms with van der Waals surface area (Å²) in [6, 6.07) is 2.08. The largest absolute Gasteiger partial charge is 0.355 e. The number of fused-ring (bicyclic) bond motifs is 1. The molecule has 5 nitrogen and oxygen atoms in total. The van der Waals surface area contributed by atoms with Gasteiger partial charge in [-0.15, -0.1) is 24.8 Å². The Morgan fingerprint density at radius 3 is 2.90 bits per heavy atom. The quantitative estimate of drug-likeness (QED) is 0.843. The van der Waals surface area contributed by atoms with Gasteiger partial charge in [0, 0.05) is 31.2 Å². The third-order valence-electron chi connectivity index (χ3n) is 4.63. The van der Waals surface area contributed by atoms with Crippen LogP contribution in [0.1, 0.15) is 19.3 Å². The first-order chi connectivity index (χ1) is 9.36. The lowest BCUT2D eigenvalue weighted by atomic mass is 9.79. The van der Waals surface area contributed by atoms with Gasteiger partial charge in [0.25, 0.3) is 0 Å². The van der Waals surface area contributed by atoms with Gasteiger partial charge in [-0.2, -0.15) is 0 Å². The van der Waals surface area contributed by atoms with E-state index in [1.165, 1.54) is 19.3 Å². The predicted octanol–water partition coefficient (Wildman–Crippen LogP) is 2.38. The molecule has 0 amide bonds. The van der Waals surface area contributed by atoms with Crippen molar-refractivity contribution in [3.63, 3.8) is 0 Å². The smallest absolute Gasteiger partial charge is 0.142 e. The molecule has 4 heterocycles. The average Bonchev–Trinajstić information content (AvgIpc) is 3.07. The Morgan fingerprint density at radius 2 is 2.10 bits per heavy atom. The highest BCUT2D eigenvalue weighted by Gasteiger charge is 2.38. The maximum atomic E-state index is 4.53. The van der Waals surface area contributed by atoms with Crippen LogP contribution >= 0.6 is 24.8 Å². The molecule has 4 rings (SSSR count). The van der Waals surface area contributed by atoms with Gasteiger partial charge >= 0.3 is 0 Å². The number of nitrogens with zero attached hydrogens (tertiary/aromatic N) is 3. The molecule has 0 aliphatic carbocycles. The van der Waals surface area contributed by atoms with Crippen LogP contribution in [0, 0.1) is 5.41 Å². The van der Waals surface area contributed by atoms with Crippen LogP contribution in [0.5, 0.6) is 0 Å². The van der Waals surface area contributed by atoms with E-state index in [-0.39, 0.29) is 24.8 Å². The summed E-state index contributed by atoms with van der Waals surface area (Å²) >= 11 is 0. The van der Waals surface area contributed by atoms with E-state index in [2.05, 4.69) is 31.2 Å². The molecule has 2 aromatic heterocycles. The molecule has 2 aliphatic heterocycles. The summed E-state index contributed by atoms with van der Waals surface area (Å²) in [5.74, 6) is 1.09. The molecule has 2 N–H and O–H groups in total. The molecule has 1 spiro atoms. The van der Waals surface area contributed by atoms with E-state index in [1.54, 1.807) is 6.33 Å². The first kappa shape index (κ1) is 16.3. The van der Waals surface area contributed by atoms with E-state index in [1.807, 2.05) is 6.20 Å². The van der Waals surface area contributed by atoms with Gasteiger partial charge in [-0.05, 0) is 31.9 Å². The van der Waals surface area contributed by atoms with Crippen LogP contribution < -0.4 is 10.2 Å². The van der Waals surface area contributed by atoms with Crippen LogP contribution in [0.2, 0.25) is 0 Å². The van der Waals surface area contributed by atoms with Gasteiger partial charge < -0.3 is 15.2 Å². The van der Waals surface area contributed by atoms with E-state index >= 15 is 0 Å². The molecule has 2 aromatic rings. The van der Waals surface area contributed by atoms with Crippen LogP contribution in [0.3, 0.4) is 0 Å². The van der Waals surface area contributed by atoms with E-state index in [9.17, 15) is 0 Å². The van der Waals surface area contributed by atoms with Crippen molar-refractivity contribution in [1.82, 2.24) is 20.3 Å². The topological polar surface area (TPSA) is 56.8 Å². The van der Waals surface area contributed by atoms with Crippen molar-refractivity contribution in [2.45, 2.75) is 19.3 Å². The number of hydrogen-bond acceptors (Lipinski definition) is 4. The molecular weight excluding hydrogens is 309 g/mol. The minimum Gasteiger partial charge on any atom is -0.355 e. The fourth-order valence-corrected chi connectivity index (χ4v) is 3.64. The first-order valence-electron chi connectivity index (χ1n) is 7.10. The normalized spacial score (nSPS) is 24.9. The zero-order valence-corrected chi connectivity index (χ0v) is 13.5. The SMILES string of the molecule is Cl.Cl.c1nc(N2CCCC3(CCNC3)C2)c2cc[nH]c2n1. The zero-order valence-electron chi connectivity index (χ0n) is 11.8. The molecule has 7 heteroatoms.